The Bertz CT molecular complexity index is 1070. The van der Waals surface area contributed by atoms with Gasteiger partial charge in [0.25, 0.3) is 0 Å². The molecule has 2 aromatic rings. The molecular formula is C19H16Cl3NO6S. The molecule has 1 aliphatic rings. The van der Waals surface area contributed by atoms with Gasteiger partial charge < -0.3 is 9.47 Å². The Morgan fingerprint density at radius 1 is 0.967 bits per heavy atom. The molecule has 1 heterocycles. The number of esters is 1. The molecule has 30 heavy (non-hydrogen) atoms. The van der Waals surface area contributed by atoms with Crippen LogP contribution < -0.4 is 0 Å². The number of halogens is 3. The fraction of sp³-hybridized carbons (Fsp3) is 0.263. The minimum absolute atomic E-state index is 0.0412. The highest BCUT2D eigenvalue weighted by atomic mass is 35.5. The number of benzene rings is 2. The van der Waals surface area contributed by atoms with E-state index in [2.05, 4.69) is 0 Å². The third-order valence-electron chi connectivity index (χ3n) is 4.37. The first kappa shape index (κ1) is 23.0. The summed E-state index contributed by atoms with van der Waals surface area (Å²) in [6, 6.07) is 8.23. The first-order chi connectivity index (χ1) is 14.2. The number of carbonyl (C=O) groups is 2. The molecule has 2 aromatic carbocycles. The van der Waals surface area contributed by atoms with Crippen LogP contribution in [0.25, 0.3) is 0 Å². The molecule has 0 aliphatic carbocycles. The maximum absolute atomic E-state index is 12.6. The van der Waals surface area contributed by atoms with Gasteiger partial charge in [-0.2, -0.15) is 4.31 Å². The van der Waals surface area contributed by atoms with Gasteiger partial charge in [0.05, 0.1) is 38.7 Å². The number of rotatable bonds is 6. The second kappa shape index (κ2) is 9.64. The summed E-state index contributed by atoms with van der Waals surface area (Å²) in [6.07, 6.45) is 0. The van der Waals surface area contributed by atoms with Gasteiger partial charge in [-0.3, -0.25) is 4.79 Å². The largest absolute Gasteiger partial charge is 0.454 e. The van der Waals surface area contributed by atoms with E-state index in [0.29, 0.717) is 13.2 Å². The lowest BCUT2D eigenvalue weighted by molar-refractivity contribution is 0.0475. The molecule has 0 aromatic heterocycles. The topological polar surface area (TPSA) is 90.0 Å². The van der Waals surface area contributed by atoms with E-state index in [9.17, 15) is 18.0 Å². The SMILES string of the molecule is O=C(COC(=O)c1c(Cl)ccc(Cl)c1Cl)c1ccc(S(=O)(=O)N2CCOCC2)cc1. The average Bonchev–Trinajstić information content (AvgIpc) is 2.75. The van der Waals surface area contributed by atoms with E-state index in [1.54, 1.807) is 0 Å². The van der Waals surface area contributed by atoms with E-state index in [1.165, 1.54) is 40.7 Å². The summed E-state index contributed by atoms with van der Waals surface area (Å²) in [5, 5.41) is 0.0928. The zero-order valence-electron chi connectivity index (χ0n) is 15.4. The van der Waals surface area contributed by atoms with Crippen LogP contribution in [0, 0.1) is 0 Å². The van der Waals surface area contributed by atoms with E-state index < -0.39 is 28.4 Å². The van der Waals surface area contributed by atoms with Crippen molar-refractivity contribution in [1.82, 2.24) is 4.31 Å². The number of ketones is 1. The lowest BCUT2D eigenvalue weighted by Gasteiger charge is -2.26. The van der Waals surface area contributed by atoms with Crippen LogP contribution in [-0.2, 0) is 19.5 Å². The Morgan fingerprint density at radius 3 is 2.20 bits per heavy atom. The molecule has 0 atom stereocenters. The summed E-state index contributed by atoms with van der Waals surface area (Å²) in [5.74, 6) is -1.42. The molecule has 0 saturated carbocycles. The Labute approximate surface area is 188 Å². The number of sulfonamides is 1. The molecular weight excluding hydrogens is 477 g/mol. The smallest absolute Gasteiger partial charge is 0.341 e. The van der Waals surface area contributed by atoms with Crippen molar-refractivity contribution in [1.29, 1.82) is 0 Å². The number of hydrogen-bond acceptors (Lipinski definition) is 6. The van der Waals surface area contributed by atoms with Gasteiger partial charge in [0.1, 0.15) is 0 Å². The number of carbonyl (C=O) groups excluding carboxylic acids is 2. The van der Waals surface area contributed by atoms with Crippen molar-refractivity contribution in [2.75, 3.05) is 32.9 Å². The van der Waals surface area contributed by atoms with E-state index in [1.807, 2.05) is 0 Å². The minimum atomic E-state index is -3.67. The number of morpholine rings is 1. The number of Topliss-reactive ketones (excluding diaryl/α,β-unsaturated/α-hetero) is 1. The van der Waals surface area contributed by atoms with Gasteiger partial charge in [-0.15, -0.1) is 0 Å². The highest BCUT2D eigenvalue weighted by Gasteiger charge is 2.26. The van der Waals surface area contributed by atoms with Crippen LogP contribution in [0.3, 0.4) is 0 Å². The fourth-order valence-corrected chi connectivity index (χ4v) is 4.84. The van der Waals surface area contributed by atoms with Crippen LogP contribution in [0.5, 0.6) is 0 Å². The van der Waals surface area contributed by atoms with Crippen molar-refractivity contribution in [2.45, 2.75) is 4.90 Å². The molecule has 0 radical (unpaired) electrons. The highest BCUT2D eigenvalue weighted by molar-refractivity contribution is 7.89. The van der Waals surface area contributed by atoms with Crippen LogP contribution in [0.2, 0.25) is 15.1 Å². The molecule has 0 amide bonds. The predicted octanol–water partition coefficient (Wildman–Crippen LogP) is 3.71. The monoisotopic (exact) mass is 491 g/mol. The molecule has 0 unspecified atom stereocenters. The van der Waals surface area contributed by atoms with E-state index >= 15 is 0 Å². The molecule has 3 rings (SSSR count). The molecule has 11 heteroatoms. The van der Waals surface area contributed by atoms with Crippen LogP contribution >= 0.6 is 34.8 Å². The van der Waals surface area contributed by atoms with Gasteiger partial charge in [0, 0.05) is 18.7 Å². The number of hydrogen-bond donors (Lipinski definition) is 0. The van der Waals surface area contributed by atoms with E-state index in [-0.39, 0.29) is 44.2 Å². The highest BCUT2D eigenvalue weighted by Crippen LogP contribution is 2.32. The summed E-state index contributed by atoms with van der Waals surface area (Å²) in [6.45, 7) is 0.637. The number of ether oxygens (including phenoxy) is 2. The molecule has 0 spiro atoms. The molecule has 7 nitrogen and oxygen atoms in total. The molecule has 160 valence electrons. The predicted molar refractivity (Wildman–Crippen MR) is 112 cm³/mol. The fourth-order valence-electron chi connectivity index (χ4n) is 2.75. The second-order valence-electron chi connectivity index (χ2n) is 6.26. The van der Waals surface area contributed by atoms with Gasteiger partial charge in [-0.1, -0.05) is 34.8 Å². The van der Waals surface area contributed by atoms with Crippen LogP contribution in [-0.4, -0.2) is 57.4 Å². The van der Waals surface area contributed by atoms with E-state index in [4.69, 9.17) is 44.3 Å². The molecule has 0 bridgehead atoms. The van der Waals surface area contributed by atoms with Gasteiger partial charge in [0.15, 0.2) is 12.4 Å². The first-order valence-electron chi connectivity index (χ1n) is 8.73. The lowest BCUT2D eigenvalue weighted by atomic mass is 10.1. The van der Waals surface area contributed by atoms with Crippen LogP contribution in [0.15, 0.2) is 41.3 Å². The zero-order chi connectivity index (χ0) is 21.9. The Hall–Kier alpha value is -1.68. The van der Waals surface area contributed by atoms with Crippen molar-refractivity contribution in [3.63, 3.8) is 0 Å². The van der Waals surface area contributed by atoms with Crippen molar-refractivity contribution in [3.05, 3.63) is 62.6 Å². The second-order valence-corrected chi connectivity index (χ2v) is 9.39. The standard InChI is InChI=1S/C19H16Cl3NO6S/c20-14-5-6-15(21)18(22)17(14)19(25)29-11-16(24)12-1-3-13(4-2-12)30(26,27)23-7-9-28-10-8-23/h1-6H,7-11H2. The van der Waals surface area contributed by atoms with E-state index in [0.717, 1.165) is 0 Å². The summed E-state index contributed by atoms with van der Waals surface area (Å²) in [4.78, 5) is 24.6. The summed E-state index contributed by atoms with van der Waals surface area (Å²) in [5.41, 5.74) is 0.0533. The third-order valence-corrected chi connectivity index (χ3v) is 7.40. The lowest BCUT2D eigenvalue weighted by Crippen LogP contribution is -2.40. The minimum Gasteiger partial charge on any atom is -0.454 e. The quantitative estimate of drug-likeness (QED) is 0.347. The van der Waals surface area contributed by atoms with Gasteiger partial charge in [0.2, 0.25) is 10.0 Å². The van der Waals surface area contributed by atoms with Crippen LogP contribution in [0.1, 0.15) is 20.7 Å². The van der Waals surface area contributed by atoms with Crippen molar-refractivity contribution in [2.24, 2.45) is 0 Å². The first-order valence-corrected chi connectivity index (χ1v) is 11.3. The normalized spacial score (nSPS) is 15.0. The third kappa shape index (κ3) is 4.96. The average molecular weight is 493 g/mol. The molecule has 1 saturated heterocycles. The van der Waals surface area contributed by atoms with Crippen molar-refractivity contribution >= 4 is 56.6 Å². The maximum Gasteiger partial charge on any atom is 0.341 e. The Kier molecular flexibility index (Phi) is 7.38. The van der Waals surface area contributed by atoms with Crippen molar-refractivity contribution in [3.8, 4) is 0 Å². The summed E-state index contributed by atoms with van der Waals surface area (Å²) < 4.78 is 36.7. The molecule has 0 N–H and O–H groups in total. The molecule has 1 aliphatic heterocycles. The maximum atomic E-state index is 12.6. The zero-order valence-corrected chi connectivity index (χ0v) is 18.5. The number of nitrogens with zero attached hydrogens (tertiary/aromatic N) is 1. The van der Waals surface area contributed by atoms with Crippen LogP contribution in [0.4, 0.5) is 0 Å². The van der Waals surface area contributed by atoms with Gasteiger partial charge in [-0.25, -0.2) is 13.2 Å². The Balaban J connectivity index is 1.67. The summed E-state index contributed by atoms with van der Waals surface area (Å²) >= 11 is 17.8. The molecule has 1 fully saturated rings. The van der Waals surface area contributed by atoms with Gasteiger partial charge in [-0.05, 0) is 36.4 Å². The van der Waals surface area contributed by atoms with Crippen molar-refractivity contribution < 1.29 is 27.5 Å². The summed E-state index contributed by atoms with van der Waals surface area (Å²) in [7, 11) is -3.67. The van der Waals surface area contributed by atoms with Gasteiger partial charge >= 0.3 is 5.97 Å². The Morgan fingerprint density at radius 2 is 1.57 bits per heavy atom.